The Hall–Kier alpha value is -3.65. The molecule has 2 aromatic carbocycles. The van der Waals surface area contributed by atoms with Crippen molar-refractivity contribution >= 4 is 5.69 Å². The van der Waals surface area contributed by atoms with E-state index in [0.29, 0.717) is 29.8 Å². The van der Waals surface area contributed by atoms with E-state index >= 15 is 0 Å². The number of rotatable bonds is 10. The fourth-order valence-corrected chi connectivity index (χ4v) is 4.78. The zero-order chi connectivity index (χ0) is 25.5. The molecule has 1 fully saturated rings. The molecule has 36 heavy (non-hydrogen) atoms. The molecule has 2 heterocycles. The number of aromatic nitrogens is 1. The van der Waals surface area contributed by atoms with Crippen molar-refractivity contribution in [2.75, 3.05) is 53.5 Å². The number of ether oxygens (including phenoxy) is 5. The van der Waals surface area contributed by atoms with Crippen LogP contribution >= 0.6 is 0 Å². The molecule has 1 aliphatic rings. The fourth-order valence-electron chi connectivity index (χ4n) is 4.78. The molecule has 0 spiro atoms. The predicted molar refractivity (Wildman–Crippen MR) is 141 cm³/mol. The first kappa shape index (κ1) is 25.4. The van der Waals surface area contributed by atoms with Crippen molar-refractivity contribution in [2.45, 2.75) is 25.4 Å². The molecule has 0 radical (unpaired) electrons. The van der Waals surface area contributed by atoms with E-state index in [9.17, 15) is 0 Å². The number of methoxy groups -OCH3 is 5. The van der Waals surface area contributed by atoms with Gasteiger partial charge in [0.1, 0.15) is 0 Å². The van der Waals surface area contributed by atoms with Crippen LogP contribution in [0.4, 0.5) is 5.69 Å². The van der Waals surface area contributed by atoms with Gasteiger partial charge in [0.25, 0.3) is 0 Å². The Bertz CT molecular complexity index is 1140. The van der Waals surface area contributed by atoms with E-state index in [4.69, 9.17) is 23.7 Å². The molecule has 0 bridgehead atoms. The van der Waals surface area contributed by atoms with Crippen LogP contribution in [-0.4, -0.2) is 59.7 Å². The number of hydrogen-bond acceptors (Lipinski definition) is 8. The van der Waals surface area contributed by atoms with E-state index in [1.807, 2.05) is 30.5 Å². The topological polar surface area (TPSA) is 74.3 Å². The second-order valence-electron chi connectivity index (χ2n) is 8.59. The fraction of sp³-hybridized carbons (Fsp3) is 0.393. The minimum absolute atomic E-state index is 0.366. The van der Waals surface area contributed by atoms with Crippen molar-refractivity contribution in [1.82, 2.24) is 10.3 Å². The summed E-state index contributed by atoms with van der Waals surface area (Å²) in [6.07, 6.45) is 3.94. The monoisotopic (exact) mass is 493 g/mol. The number of nitrogens with zero attached hydrogens (tertiary/aromatic N) is 2. The average Bonchev–Trinajstić information content (AvgIpc) is 2.95. The maximum Gasteiger partial charge on any atom is 0.203 e. The molecule has 0 aliphatic carbocycles. The van der Waals surface area contributed by atoms with Gasteiger partial charge < -0.3 is 33.9 Å². The maximum absolute atomic E-state index is 5.81. The lowest BCUT2D eigenvalue weighted by atomic mass is 10.0. The first-order valence-electron chi connectivity index (χ1n) is 12.1. The molecule has 4 rings (SSSR count). The molecule has 0 saturated carbocycles. The minimum atomic E-state index is 0.366. The highest BCUT2D eigenvalue weighted by Gasteiger charge is 2.26. The SMILES string of the molecule is COc1cc(-c2cc(CN(c3cccc(OC)c3OC)C3CCNCC3)ccn2)cc(OC)c1OC. The van der Waals surface area contributed by atoms with Crippen LogP contribution in [-0.2, 0) is 6.54 Å². The Morgan fingerprint density at radius 2 is 1.47 bits per heavy atom. The van der Waals surface area contributed by atoms with Crippen LogP contribution in [0.5, 0.6) is 28.7 Å². The Balaban J connectivity index is 1.73. The Morgan fingerprint density at radius 1 is 0.806 bits per heavy atom. The summed E-state index contributed by atoms with van der Waals surface area (Å²) in [4.78, 5) is 7.07. The van der Waals surface area contributed by atoms with Crippen molar-refractivity contribution in [3.05, 3.63) is 54.2 Å². The average molecular weight is 494 g/mol. The van der Waals surface area contributed by atoms with Crippen molar-refractivity contribution in [3.63, 3.8) is 0 Å². The van der Waals surface area contributed by atoms with Gasteiger partial charge in [0.2, 0.25) is 5.75 Å². The summed E-state index contributed by atoms with van der Waals surface area (Å²) in [7, 11) is 8.19. The number of benzene rings is 2. The summed E-state index contributed by atoms with van der Waals surface area (Å²) in [5, 5.41) is 3.47. The lowest BCUT2D eigenvalue weighted by Crippen LogP contribution is -2.43. The number of piperidine rings is 1. The van der Waals surface area contributed by atoms with Crippen LogP contribution in [0.3, 0.4) is 0 Å². The van der Waals surface area contributed by atoms with Gasteiger partial charge in [0.05, 0.1) is 46.9 Å². The Kier molecular flexibility index (Phi) is 8.38. The number of pyridine rings is 1. The van der Waals surface area contributed by atoms with E-state index in [2.05, 4.69) is 33.4 Å². The van der Waals surface area contributed by atoms with Gasteiger partial charge in [-0.25, -0.2) is 0 Å². The Morgan fingerprint density at radius 3 is 2.08 bits per heavy atom. The van der Waals surface area contributed by atoms with Crippen LogP contribution in [0.15, 0.2) is 48.7 Å². The molecule has 0 atom stereocenters. The second-order valence-corrected chi connectivity index (χ2v) is 8.59. The molecule has 0 amide bonds. The van der Waals surface area contributed by atoms with Gasteiger partial charge in [-0.2, -0.15) is 0 Å². The lowest BCUT2D eigenvalue weighted by molar-refractivity contribution is 0.324. The molecule has 1 aromatic heterocycles. The van der Waals surface area contributed by atoms with Crippen LogP contribution in [0, 0.1) is 0 Å². The van der Waals surface area contributed by atoms with E-state index in [0.717, 1.165) is 59.9 Å². The largest absolute Gasteiger partial charge is 0.493 e. The second kappa shape index (κ2) is 11.9. The van der Waals surface area contributed by atoms with Gasteiger partial charge in [0, 0.05) is 24.3 Å². The predicted octanol–water partition coefficient (Wildman–Crippen LogP) is 4.55. The molecule has 1 saturated heterocycles. The van der Waals surface area contributed by atoms with Gasteiger partial charge in [0.15, 0.2) is 23.0 Å². The van der Waals surface area contributed by atoms with E-state index < -0.39 is 0 Å². The molecule has 8 heteroatoms. The van der Waals surface area contributed by atoms with Crippen molar-refractivity contribution < 1.29 is 23.7 Å². The van der Waals surface area contributed by atoms with Gasteiger partial charge >= 0.3 is 0 Å². The molecule has 192 valence electrons. The molecular weight excluding hydrogens is 458 g/mol. The summed E-state index contributed by atoms with van der Waals surface area (Å²) in [6, 6.07) is 14.4. The molecule has 8 nitrogen and oxygen atoms in total. The quantitative estimate of drug-likeness (QED) is 0.441. The third-order valence-corrected chi connectivity index (χ3v) is 6.58. The van der Waals surface area contributed by atoms with Crippen LogP contribution in [0.2, 0.25) is 0 Å². The molecular formula is C28H35N3O5. The number of para-hydroxylation sites is 1. The molecule has 1 aliphatic heterocycles. The zero-order valence-corrected chi connectivity index (χ0v) is 21.7. The van der Waals surface area contributed by atoms with Gasteiger partial charge in [-0.1, -0.05) is 6.07 Å². The first-order valence-corrected chi connectivity index (χ1v) is 12.1. The van der Waals surface area contributed by atoms with E-state index in [1.165, 1.54) is 0 Å². The van der Waals surface area contributed by atoms with Gasteiger partial charge in [-0.05, 0) is 67.9 Å². The standard InChI is InChI=1S/C28H35N3O5/c1-32-24-8-6-7-23(27(24)35-4)31(21-10-12-29-13-11-21)18-19-9-14-30-22(15-19)20-16-25(33-2)28(36-5)26(17-20)34-3/h6-9,14-17,21,29H,10-13,18H2,1-5H3. The van der Waals surface area contributed by atoms with Gasteiger partial charge in [-0.15, -0.1) is 0 Å². The minimum Gasteiger partial charge on any atom is -0.493 e. The van der Waals surface area contributed by atoms with Crippen molar-refractivity contribution in [2.24, 2.45) is 0 Å². The van der Waals surface area contributed by atoms with Crippen LogP contribution < -0.4 is 33.9 Å². The van der Waals surface area contributed by atoms with Crippen LogP contribution in [0.1, 0.15) is 18.4 Å². The summed E-state index contributed by atoms with van der Waals surface area (Å²) in [5.74, 6) is 3.22. The normalized spacial score (nSPS) is 13.7. The van der Waals surface area contributed by atoms with Crippen LogP contribution in [0.25, 0.3) is 11.3 Å². The lowest BCUT2D eigenvalue weighted by Gasteiger charge is -2.37. The highest BCUT2D eigenvalue weighted by molar-refractivity contribution is 5.69. The number of nitrogens with one attached hydrogen (secondary N) is 1. The van der Waals surface area contributed by atoms with Crippen molar-refractivity contribution in [1.29, 1.82) is 0 Å². The van der Waals surface area contributed by atoms with Gasteiger partial charge in [-0.3, -0.25) is 4.98 Å². The van der Waals surface area contributed by atoms with E-state index in [-0.39, 0.29) is 0 Å². The summed E-state index contributed by atoms with van der Waals surface area (Å²) < 4.78 is 28.0. The first-order chi connectivity index (χ1) is 17.6. The summed E-state index contributed by atoms with van der Waals surface area (Å²) in [6.45, 7) is 2.68. The van der Waals surface area contributed by atoms with E-state index in [1.54, 1.807) is 35.5 Å². The summed E-state index contributed by atoms with van der Waals surface area (Å²) in [5.41, 5.74) is 3.88. The number of anilines is 1. The summed E-state index contributed by atoms with van der Waals surface area (Å²) >= 11 is 0. The molecule has 3 aromatic rings. The smallest absolute Gasteiger partial charge is 0.203 e. The van der Waals surface area contributed by atoms with Crippen molar-refractivity contribution in [3.8, 4) is 40.0 Å². The third kappa shape index (κ3) is 5.28. The zero-order valence-electron chi connectivity index (χ0n) is 21.7. The number of hydrogen-bond donors (Lipinski definition) is 1. The Labute approximate surface area is 213 Å². The highest BCUT2D eigenvalue weighted by Crippen LogP contribution is 2.42. The molecule has 0 unspecified atom stereocenters. The third-order valence-electron chi connectivity index (χ3n) is 6.58. The molecule has 1 N–H and O–H groups in total. The maximum atomic E-state index is 5.81. The highest BCUT2D eigenvalue weighted by atomic mass is 16.5.